The summed E-state index contributed by atoms with van der Waals surface area (Å²) in [7, 11) is -0.408. The van der Waals surface area contributed by atoms with Crippen LogP contribution >= 0.6 is 0 Å². The quantitative estimate of drug-likeness (QED) is 0.639. The molecule has 3 rings (SSSR count). The number of benzene rings is 1. The number of rotatable bonds is 5. The summed E-state index contributed by atoms with van der Waals surface area (Å²) < 4.78 is 23.3. The number of nitrogens with zero attached hydrogens (tertiary/aromatic N) is 1. The molecule has 6 nitrogen and oxygen atoms in total. The maximum Gasteiger partial charge on any atom is 0.494 e. The molecule has 0 spiro atoms. The molecule has 25 heavy (non-hydrogen) atoms. The van der Waals surface area contributed by atoms with Crippen LogP contribution in [0.4, 0.5) is 5.69 Å². The van der Waals surface area contributed by atoms with Gasteiger partial charge in [0.1, 0.15) is 12.4 Å². The molecule has 1 aromatic carbocycles. The topological polar surface area (TPSA) is 66.2 Å². The summed E-state index contributed by atoms with van der Waals surface area (Å²) in [5.74, 6) is 0.702. The molecule has 138 valence electrons. The fourth-order valence-corrected chi connectivity index (χ4v) is 2.93. The summed E-state index contributed by atoms with van der Waals surface area (Å²) in [6.45, 7) is 13.2. The van der Waals surface area contributed by atoms with Gasteiger partial charge in [-0.15, -0.1) is 0 Å². The second-order valence-electron chi connectivity index (χ2n) is 7.69. The Morgan fingerprint density at radius 3 is 2.36 bits per heavy atom. The standard InChI is InChI=1S/C18H29BN2O4/c1-17(2)18(3,4)25-19(24-17)14-5-6-16(15(20)13-14)23-12-9-21-7-10-22-11-8-21/h5-6,13H,7-12,20H2,1-4H3. The molecule has 0 bridgehead atoms. The average molecular weight is 348 g/mol. The largest absolute Gasteiger partial charge is 0.494 e. The van der Waals surface area contributed by atoms with E-state index in [0.717, 1.165) is 38.3 Å². The molecule has 0 radical (unpaired) electrons. The Balaban J connectivity index is 1.58. The highest BCUT2D eigenvalue weighted by Gasteiger charge is 2.51. The second kappa shape index (κ2) is 7.15. The third-order valence-electron chi connectivity index (χ3n) is 5.33. The van der Waals surface area contributed by atoms with E-state index in [-0.39, 0.29) is 11.2 Å². The highest BCUT2D eigenvalue weighted by molar-refractivity contribution is 6.62. The summed E-state index contributed by atoms with van der Waals surface area (Å²) in [5, 5.41) is 0. The first-order valence-corrected chi connectivity index (χ1v) is 8.96. The van der Waals surface area contributed by atoms with Crippen LogP contribution in [0.25, 0.3) is 0 Å². The zero-order valence-electron chi connectivity index (χ0n) is 15.7. The number of morpholine rings is 1. The SMILES string of the molecule is CC1(C)OB(c2ccc(OCCN3CCOCC3)c(N)c2)OC1(C)C. The van der Waals surface area contributed by atoms with Crippen LogP contribution in [0, 0.1) is 0 Å². The summed E-state index contributed by atoms with van der Waals surface area (Å²) >= 11 is 0. The van der Waals surface area contributed by atoms with Crippen LogP contribution in [0.3, 0.4) is 0 Å². The van der Waals surface area contributed by atoms with Gasteiger partial charge in [0.05, 0.1) is 30.1 Å². The van der Waals surface area contributed by atoms with E-state index in [2.05, 4.69) is 4.90 Å². The zero-order chi connectivity index (χ0) is 18.1. The lowest BCUT2D eigenvalue weighted by Crippen LogP contribution is -2.41. The van der Waals surface area contributed by atoms with Gasteiger partial charge in [0.15, 0.2) is 0 Å². The third kappa shape index (κ3) is 4.11. The van der Waals surface area contributed by atoms with Gasteiger partial charge >= 0.3 is 7.12 Å². The number of anilines is 1. The second-order valence-corrected chi connectivity index (χ2v) is 7.69. The Bertz CT molecular complexity index is 587. The molecule has 0 aromatic heterocycles. The van der Waals surface area contributed by atoms with Gasteiger partial charge in [-0.3, -0.25) is 4.90 Å². The minimum atomic E-state index is -0.408. The minimum Gasteiger partial charge on any atom is -0.490 e. The van der Waals surface area contributed by atoms with Crippen molar-refractivity contribution in [3.8, 4) is 5.75 Å². The summed E-state index contributed by atoms with van der Waals surface area (Å²) in [6, 6.07) is 5.74. The smallest absolute Gasteiger partial charge is 0.490 e. The Hall–Kier alpha value is -1.28. The van der Waals surface area contributed by atoms with Crippen LogP contribution in [-0.4, -0.2) is 62.7 Å². The number of hydrogen-bond donors (Lipinski definition) is 1. The number of ether oxygens (including phenoxy) is 2. The lowest BCUT2D eigenvalue weighted by molar-refractivity contribution is 0.00578. The normalized spacial score (nSPS) is 23.0. The van der Waals surface area contributed by atoms with Crippen molar-refractivity contribution in [2.24, 2.45) is 0 Å². The van der Waals surface area contributed by atoms with E-state index < -0.39 is 7.12 Å². The predicted octanol–water partition coefficient (Wildman–Crippen LogP) is 1.28. The van der Waals surface area contributed by atoms with Gasteiger partial charge in [0.25, 0.3) is 0 Å². The molecule has 2 fully saturated rings. The fourth-order valence-electron chi connectivity index (χ4n) is 2.93. The zero-order valence-corrected chi connectivity index (χ0v) is 15.7. The first kappa shape index (κ1) is 18.5. The molecule has 2 saturated heterocycles. The Morgan fingerprint density at radius 1 is 1.12 bits per heavy atom. The maximum atomic E-state index is 6.17. The van der Waals surface area contributed by atoms with Crippen LogP contribution in [-0.2, 0) is 14.0 Å². The van der Waals surface area contributed by atoms with Crippen LogP contribution in [0.5, 0.6) is 5.75 Å². The van der Waals surface area contributed by atoms with E-state index in [1.807, 2.05) is 45.9 Å². The number of nitrogen functional groups attached to an aromatic ring is 1. The predicted molar refractivity (Wildman–Crippen MR) is 99.3 cm³/mol. The molecule has 0 atom stereocenters. The molecule has 0 unspecified atom stereocenters. The Labute approximate surface area is 150 Å². The minimum absolute atomic E-state index is 0.361. The van der Waals surface area contributed by atoms with Crippen LogP contribution < -0.4 is 15.9 Å². The van der Waals surface area contributed by atoms with E-state index in [9.17, 15) is 0 Å². The Kier molecular flexibility index (Phi) is 5.30. The first-order chi connectivity index (χ1) is 11.8. The van der Waals surface area contributed by atoms with E-state index in [1.54, 1.807) is 0 Å². The van der Waals surface area contributed by atoms with Gasteiger partial charge in [-0.2, -0.15) is 0 Å². The first-order valence-electron chi connectivity index (χ1n) is 8.96. The van der Waals surface area contributed by atoms with E-state index in [4.69, 9.17) is 24.5 Å². The lowest BCUT2D eigenvalue weighted by atomic mass is 9.79. The average Bonchev–Trinajstić information content (AvgIpc) is 2.78. The molecule has 2 heterocycles. The van der Waals surface area contributed by atoms with Crippen molar-refractivity contribution in [3.63, 3.8) is 0 Å². The molecule has 2 N–H and O–H groups in total. The van der Waals surface area contributed by atoms with Crippen LogP contribution in [0.2, 0.25) is 0 Å². The van der Waals surface area contributed by atoms with Crippen molar-refractivity contribution in [2.75, 3.05) is 45.2 Å². The fraction of sp³-hybridized carbons (Fsp3) is 0.667. The van der Waals surface area contributed by atoms with Crippen molar-refractivity contribution in [1.82, 2.24) is 4.90 Å². The van der Waals surface area contributed by atoms with E-state index in [1.165, 1.54) is 0 Å². The summed E-state index contributed by atoms with van der Waals surface area (Å²) in [4.78, 5) is 2.33. The lowest BCUT2D eigenvalue weighted by Gasteiger charge is -2.32. The van der Waals surface area contributed by atoms with Gasteiger partial charge in [-0.05, 0) is 45.3 Å². The molecule has 2 aliphatic rings. The van der Waals surface area contributed by atoms with Crippen LogP contribution in [0.1, 0.15) is 27.7 Å². The number of hydrogen-bond acceptors (Lipinski definition) is 6. The molecule has 7 heteroatoms. The van der Waals surface area contributed by atoms with E-state index in [0.29, 0.717) is 18.0 Å². The molecule has 0 saturated carbocycles. The van der Waals surface area contributed by atoms with Crippen molar-refractivity contribution in [1.29, 1.82) is 0 Å². The molecular weight excluding hydrogens is 319 g/mol. The van der Waals surface area contributed by atoms with Crippen molar-refractivity contribution in [3.05, 3.63) is 18.2 Å². The van der Waals surface area contributed by atoms with Crippen molar-refractivity contribution < 1.29 is 18.8 Å². The maximum absolute atomic E-state index is 6.17. The highest BCUT2D eigenvalue weighted by atomic mass is 16.7. The van der Waals surface area contributed by atoms with Crippen molar-refractivity contribution >= 4 is 18.3 Å². The summed E-state index contributed by atoms with van der Waals surface area (Å²) in [5.41, 5.74) is 6.97. The van der Waals surface area contributed by atoms with E-state index >= 15 is 0 Å². The molecule has 0 aliphatic carbocycles. The van der Waals surface area contributed by atoms with Gasteiger partial charge in [0.2, 0.25) is 0 Å². The van der Waals surface area contributed by atoms with Crippen molar-refractivity contribution in [2.45, 2.75) is 38.9 Å². The molecule has 1 aromatic rings. The van der Waals surface area contributed by atoms with Gasteiger partial charge in [-0.25, -0.2) is 0 Å². The monoisotopic (exact) mass is 348 g/mol. The summed E-state index contributed by atoms with van der Waals surface area (Å²) in [6.07, 6.45) is 0. The highest BCUT2D eigenvalue weighted by Crippen LogP contribution is 2.36. The molecule has 2 aliphatic heterocycles. The third-order valence-corrected chi connectivity index (χ3v) is 5.33. The molecule has 0 amide bonds. The van der Waals surface area contributed by atoms with Gasteiger partial charge < -0.3 is 24.5 Å². The van der Waals surface area contributed by atoms with Crippen LogP contribution in [0.15, 0.2) is 18.2 Å². The molecular formula is C18H29BN2O4. The Morgan fingerprint density at radius 2 is 1.76 bits per heavy atom. The van der Waals surface area contributed by atoms with Gasteiger partial charge in [0, 0.05) is 19.6 Å². The number of nitrogens with two attached hydrogens (primary N) is 1. The van der Waals surface area contributed by atoms with Gasteiger partial charge in [-0.1, -0.05) is 6.07 Å².